The van der Waals surface area contributed by atoms with Gasteiger partial charge in [-0.05, 0) is 53.8 Å². The van der Waals surface area contributed by atoms with Gasteiger partial charge in [-0.25, -0.2) is 0 Å². The second-order valence-corrected chi connectivity index (χ2v) is 4.60. The third kappa shape index (κ3) is 2.46. The number of nitrogens with zero attached hydrogens (tertiary/aromatic N) is 1. The van der Waals surface area contributed by atoms with Gasteiger partial charge in [0.05, 0.1) is 0 Å². The van der Waals surface area contributed by atoms with Gasteiger partial charge >= 0.3 is 0 Å². The molecule has 0 saturated carbocycles. The smallest absolute Gasteiger partial charge is 0.0122 e. The fourth-order valence-corrected chi connectivity index (χ4v) is 1.59. The molecular weight excluding hydrogens is 148 g/mol. The number of hydrogen-bond acceptors (Lipinski definition) is 2. The minimum absolute atomic E-state index is 0.316. The molecule has 72 valence electrons. The minimum Gasteiger partial charge on any atom is -0.315 e. The lowest BCUT2D eigenvalue weighted by Crippen LogP contribution is -2.46. The summed E-state index contributed by atoms with van der Waals surface area (Å²) in [7, 11) is 4.27. The van der Waals surface area contributed by atoms with Crippen LogP contribution < -0.4 is 5.32 Å². The average molecular weight is 170 g/mol. The molecule has 1 unspecified atom stereocenters. The monoisotopic (exact) mass is 170 g/mol. The van der Waals surface area contributed by atoms with Gasteiger partial charge in [0.15, 0.2) is 0 Å². The fraction of sp³-hybridized carbons (Fsp3) is 1.00. The predicted octanol–water partition coefficient (Wildman–Crippen LogP) is 1.47. The SMILES string of the molecule is CNC(C)(C)CCC1CCN1C. The molecular formula is C10H22N2. The van der Waals surface area contributed by atoms with E-state index in [1.54, 1.807) is 0 Å². The Morgan fingerprint density at radius 2 is 2.17 bits per heavy atom. The Morgan fingerprint density at radius 3 is 2.50 bits per heavy atom. The quantitative estimate of drug-likeness (QED) is 0.687. The largest absolute Gasteiger partial charge is 0.315 e. The zero-order chi connectivity index (χ0) is 9.19. The van der Waals surface area contributed by atoms with Gasteiger partial charge in [0.1, 0.15) is 0 Å². The van der Waals surface area contributed by atoms with Crippen LogP contribution >= 0.6 is 0 Å². The molecule has 1 aliphatic rings. The number of rotatable bonds is 4. The van der Waals surface area contributed by atoms with Crippen molar-refractivity contribution < 1.29 is 0 Å². The highest BCUT2D eigenvalue weighted by Gasteiger charge is 2.26. The molecule has 1 aliphatic heterocycles. The lowest BCUT2D eigenvalue weighted by Gasteiger charge is -2.39. The Hall–Kier alpha value is -0.0800. The van der Waals surface area contributed by atoms with Crippen LogP contribution in [0, 0.1) is 0 Å². The van der Waals surface area contributed by atoms with Crippen molar-refractivity contribution in [2.45, 2.75) is 44.7 Å². The molecule has 0 bridgehead atoms. The predicted molar refractivity (Wildman–Crippen MR) is 53.4 cm³/mol. The van der Waals surface area contributed by atoms with Gasteiger partial charge in [-0.1, -0.05) is 0 Å². The first-order valence-electron chi connectivity index (χ1n) is 4.94. The first-order valence-corrected chi connectivity index (χ1v) is 4.94. The average Bonchev–Trinajstić information content (AvgIpc) is 2.02. The summed E-state index contributed by atoms with van der Waals surface area (Å²) in [6.45, 7) is 5.84. The van der Waals surface area contributed by atoms with Crippen LogP contribution in [0.1, 0.15) is 33.1 Å². The molecule has 0 aromatic heterocycles. The van der Waals surface area contributed by atoms with Crippen molar-refractivity contribution in [1.82, 2.24) is 10.2 Å². The van der Waals surface area contributed by atoms with Crippen LogP contribution in [0.5, 0.6) is 0 Å². The lowest BCUT2D eigenvalue weighted by molar-refractivity contribution is 0.109. The van der Waals surface area contributed by atoms with Crippen molar-refractivity contribution in [2.24, 2.45) is 0 Å². The summed E-state index contributed by atoms with van der Waals surface area (Å²) in [6.07, 6.45) is 4.01. The maximum absolute atomic E-state index is 3.34. The third-order valence-electron chi connectivity index (χ3n) is 3.22. The van der Waals surface area contributed by atoms with Crippen LogP contribution in [0.3, 0.4) is 0 Å². The second-order valence-electron chi connectivity index (χ2n) is 4.60. The van der Waals surface area contributed by atoms with E-state index in [0.717, 1.165) is 6.04 Å². The van der Waals surface area contributed by atoms with E-state index in [2.05, 4.69) is 31.1 Å². The van der Waals surface area contributed by atoms with Crippen molar-refractivity contribution in [2.75, 3.05) is 20.6 Å². The van der Waals surface area contributed by atoms with Crippen LogP contribution in [0.4, 0.5) is 0 Å². The lowest BCUT2D eigenvalue weighted by atomic mass is 9.91. The van der Waals surface area contributed by atoms with Crippen molar-refractivity contribution in [3.8, 4) is 0 Å². The van der Waals surface area contributed by atoms with Crippen LogP contribution in [-0.4, -0.2) is 37.1 Å². The van der Waals surface area contributed by atoms with Crippen molar-refractivity contribution in [3.05, 3.63) is 0 Å². The maximum atomic E-state index is 3.34. The Morgan fingerprint density at radius 1 is 1.50 bits per heavy atom. The van der Waals surface area contributed by atoms with E-state index in [9.17, 15) is 0 Å². The van der Waals surface area contributed by atoms with Gasteiger partial charge in [0, 0.05) is 11.6 Å². The summed E-state index contributed by atoms with van der Waals surface area (Å²) in [5, 5.41) is 3.34. The van der Waals surface area contributed by atoms with E-state index in [1.807, 2.05) is 7.05 Å². The summed E-state index contributed by atoms with van der Waals surface area (Å²) < 4.78 is 0. The molecule has 0 aliphatic carbocycles. The van der Waals surface area contributed by atoms with E-state index in [4.69, 9.17) is 0 Å². The van der Waals surface area contributed by atoms with E-state index < -0.39 is 0 Å². The molecule has 0 aromatic rings. The third-order valence-corrected chi connectivity index (χ3v) is 3.22. The van der Waals surface area contributed by atoms with Gasteiger partial charge in [-0.2, -0.15) is 0 Å². The maximum Gasteiger partial charge on any atom is 0.0122 e. The van der Waals surface area contributed by atoms with E-state index in [-0.39, 0.29) is 0 Å². The van der Waals surface area contributed by atoms with Crippen molar-refractivity contribution in [1.29, 1.82) is 0 Å². The van der Waals surface area contributed by atoms with Gasteiger partial charge in [0.2, 0.25) is 0 Å². The minimum atomic E-state index is 0.316. The molecule has 2 heteroatoms. The number of nitrogens with one attached hydrogen (secondary N) is 1. The van der Waals surface area contributed by atoms with Crippen LogP contribution in [0.15, 0.2) is 0 Å². The van der Waals surface area contributed by atoms with Crippen LogP contribution in [0.25, 0.3) is 0 Å². The summed E-state index contributed by atoms with van der Waals surface area (Å²) in [6, 6.07) is 0.859. The second kappa shape index (κ2) is 3.75. The first-order chi connectivity index (χ1) is 5.55. The van der Waals surface area contributed by atoms with Gasteiger partial charge in [-0.3, -0.25) is 0 Å². The molecule has 0 spiro atoms. The molecule has 12 heavy (non-hydrogen) atoms. The highest BCUT2D eigenvalue weighted by Crippen LogP contribution is 2.22. The molecule has 1 N–H and O–H groups in total. The topological polar surface area (TPSA) is 15.3 Å². The summed E-state index contributed by atoms with van der Waals surface area (Å²) in [4.78, 5) is 2.45. The number of hydrogen-bond donors (Lipinski definition) is 1. The zero-order valence-corrected chi connectivity index (χ0v) is 8.85. The molecule has 1 saturated heterocycles. The Bertz CT molecular complexity index is 143. The van der Waals surface area contributed by atoms with Crippen LogP contribution in [0.2, 0.25) is 0 Å². The molecule has 1 atom stereocenters. The van der Waals surface area contributed by atoms with Crippen molar-refractivity contribution in [3.63, 3.8) is 0 Å². The Labute approximate surface area is 76.3 Å². The highest BCUT2D eigenvalue weighted by molar-refractivity contribution is 4.84. The Balaban J connectivity index is 2.16. The fourth-order valence-electron chi connectivity index (χ4n) is 1.59. The molecule has 1 fully saturated rings. The molecule has 0 amide bonds. The summed E-state index contributed by atoms with van der Waals surface area (Å²) in [5.74, 6) is 0. The number of likely N-dealkylation sites (tertiary alicyclic amines) is 1. The normalized spacial score (nSPS) is 25.5. The molecule has 0 radical (unpaired) electrons. The molecule has 0 aromatic carbocycles. The van der Waals surface area contributed by atoms with Gasteiger partial charge in [-0.15, -0.1) is 0 Å². The highest BCUT2D eigenvalue weighted by atomic mass is 15.2. The van der Waals surface area contributed by atoms with Gasteiger partial charge < -0.3 is 10.2 Å². The Kier molecular flexibility index (Phi) is 3.13. The molecule has 1 heterocycles. The summed E-state index contributed by atoms with van der Waals surface area (Å²) in [5.41, 5.74) is 0.316. The van der Waals surface area contributed by atoms with Crippen LogP contribution in [-0.2, 0) is 0 Å². The zero-order valence-electron chi connectivity index (χ0n) is 8.85. The van der Waals surface area contributed by atoms with Gasteiger partial charge in [0.25, 0.3) is 0 Å². The van der Waals surface area contributed by atoms with E-state index >= 15 is 0 Å². The molecule has 1 rings (SSSR count). The summed E-state index contributed by atoms with van der Waals surface area (Å²) >= 11 is 0. The van der Waals surface area contributed by atoms with Crippen molar-refractivity contribution >= 4 is 0 Å². The standard InChI is InChI=1S/C10H22N2/c1-10(2,11-3)7-5-9-6-8-12(9)4/h9,11H,5-8H2,1-4H3. The van der Waals surface area contributed by atoms with E-state index in [0.29, 0.717) is 5.54 Å². The first kappa shape index (κ1) is 10.0. The molecule has 2 nitrogen and oxygen atoms in total. The van der Waals surface area contributed by atoms with E-state index in [1.165, 1.54) is 25.8 Å².